The van der Waals surface area contributed by atoms with Crippen molar-refractivity contribution < 1.29 is 23.9 Å². The minimum Gasteiger partial charge on any atom is -0.469 e. The van der Waals surface area contributed by atoms with E-state index in [0.29, 0.717) is 0 Å². The third-order valence-corrected chi connectivity index (χ3v) is 3.76. The van der Waals surface area contributed by atoms with Crippen molar-refractivity contribution in [2.75, 3.05) is 7.11 Å². The fourth-order valence-corrected chi connectivity index (χ4v) is 1.06. The van der Waals surface area contributed by atoms with Crippen LogP contribution in [0.5, 0.6) is 0 Å². The summed E-state index contributed by atoms with van der Waals surface area (Å²) < 4.78 is 15.3. The molecule has 0 saturated heterocycles. The molecule has 0 amide bonds. The van der Waals surface area contributed by atoms with Crippen molar-refractivity contribution in [3.8, 4) is 0 Å². The molecule has 0 aromatic carbocycles. The highest BCUT2D eigenvalue weighted by atomic mass is 31.2. The molecule has 0 rings (SSSR count). The molecule has 0 aliphatic heterocycles. The quantitative estimate of drug-likeness (QED) is 0.532. The van der Waals surface area contributed by atoms with Crippen LogP contribution in [-0.2, 0) is 14.1 Å². The summed E-state index contributed by atoms with van der Waals surface area (Å²) in [6.45, 7) is 2.85. The summed E-state index contributed by atoms with van der Waals surface area (Å²) in [6.07, 6.45) is 0.137. The number of hydrogen-bond acceptors (Lipinski definition) is 3. The van der Waals surface area contributed by atoms with Gasteiger partial charge in [0.1, 0.15) is 0 Å². The van der Waals surface area contributed by atoms with Gasteiger partial charge in [-0.25, -0.2) is 0 Å². The molecule has 0 bridgehead atoms. The van der Waals surface area contributed by atoms with Crippen LogP contribution < -0.4 is 0 Å². The second-order valence-electron chi connectivity index (χ2n) is 3.43. The van der Waals surface area contributed by atoms with Crippen LogP contribution >= 0.6 is 7.60 Å². The van der Waals surface area contributed by atoms with Gasteiger partial charge in [-0.1, -0.05) is 0 Å². The van der Waals surface area contributed by atoms with Crippen LogP contribution in [0, 0.1) is 0 Å². The summed E-state index contributed by atoms with van der Waals surface area (Å²) >= 11 is 0. The fourth-order valence-electron chi connectivity index (χ4n) is 0.656. The van der Waals surface area contributed by atoms with Crippen molar-refractivity contribution in [1.29, 1.82) is 0 Å². The Morgan fingerprint density at radius 3 is 2.23 bits per heavy atom. The van der Waals surface area contributed by atoms with Gasteiger partial charge in [-0.05, 0) is 20.3 Å². The SMILES string of the molecule is COC(=O)CCC(C)(C)P(=O)(O)O. The highest BCUT2D eigenvalue weighted by Gasteiger charge is 2.37. The van der Waals surface area contributed by atoms with E-state index < -0.39 is 18.7 Å². The molecule has 0 unspecified atom stereocenters. The molecule has 0 fully saturated rings. The molecular weight excluding hydrogens is 195 g/mol. The van der Waals surface area contributed by atoms with Gasteiger partial charge in [0.25, 0.3) is 0 Å². The van der Waals surface area contributed by atoms with E-state index in [1.807, 2.05) is 0 Å². The molecule has 0 radical (unpaired) electrons. The van der Waals surface area contributed by atoms with Gasteiger partial charge in [0.2, 0.25) is 0 Å². The average molecular weight is 210 g/mol. The van der Waals surface area contributed by atoms with E-state index in [0.717, 1.165) is 0 Å². The Morgan fingerprint density at radius 2 is 1.92 bits per heavy atom. The maximum Gasteiger partial charge on any atom is 0.331 e. The number of methoxy groups -OCH3 is 1. The van der Waals surface area contributed by atoms with Crippen LogP contribution in [0.1, 0.15) is 26.7 Å². The third kappa shape index (κ3) is 3.89. The molecule has 0 aliphatic carbocycles. The smallest absolute Gasteiger partial charge is 0.331 e. The van der Waals surface area contributed by atoms with Crippen molar-refractivity contribution in [3.05, 3.63) is 0 Å². The lowest BCUT2D eigenvalue weighted by atomic mass is 10.1. The lowest BCUT2D eigenvalue weighted by Gasteiger charge is -2.24. The Kier molecular flexibility index (Phi) is 4.10. The molecule has 0 heterocycles. The zero-order chi connectivity index (χ0) is 10.7. The van der Waals surface area contributed by atoms with E-state index in [1.165, 1.54) is 21.0 Å². The summed E-state index contributed by atoms with van der Waals surface area (Å²) in [5.74, 6) is -0.457. The van der Waals surface area contributed by atoms with Crippen molar-refractivity contribution in [3.63, 3.8) is 0 Å². The van der Waals surface area contributed by atoms with Crippen LogP contribution in [-0.4, -0.2) is 28.0 Å². The summed E-state index contributed by atoms with van der Waals surface area (Å²) in [5, 5.41) is -1.17. The lowest BCUT2D eigenvalue weighted by Crippen LogP contribution is -2.21. The minimum absolute atomic E-state index is 0.0224. The Hall–Kier alpha value is -0.380. The van der Waals surface area contributed by atoms with Crippen molar-refractivity contribution in [1.82, 2.24) is 0 Å². The van der Waals surface area contributed by atoms with Crippen molar-refractivity contribution >= 4 is 13.6 Å². The number of rotatable bonds is 4. The molecule has 78 valence electrons. The van der Waals surface area contributed by atoms with Crippen LogP contribution in [0.3, 0.4) is 0 Å². The number of ether oxygens (including phenoxy) is 1. The van der Waals surface area contributed by atoms with Gasteiger partial charge in [0, 0.05) is 6.42 Å². The summed E-state index contributed by atoms with van der Waals surface area (Å²) in [4.78, 5) is 28.5. The second-order valence-corrected chi connectivity index (χ2v) is 5.73. The Labute approximate surface area is 77.3 Å². The lowest BCUT2D eigenvalue weighted by molar-refractivity contribution is -0.140. The molecular formula is C7H15O5P. The van der Waals surface area contributed by atoms with Gasteiger partial charge < -0.3 is 14.5 Å². The van der Waals surface area contributed by atoms with Gasteiger partial charge in [-0.3, -0.25) is 9.36 Å². The molecule has 13 heavy (non-hydrogen) atoms. The maximum atomic E-state index is 10.9. The molecule has 0 atom stereocenters. The highest BCUT2D eigenvalue weighted by molar-refractivity contribution is 7.53. The molecule has 0 aromatic rings. The monoisotopic (exact) mass is 210 g/mol. The van der Waals surface area contributed by atoms with Crippen LogP contribution in [0.2, 0.25) is 0 Å². The van der Waals surface area contributed by atoms with Gasteiger partial charge in [0.15, 0.2) is 0 Å². The number of carbonyl (C=O) groups excluding carboxylic acids is 1. The molecule has 0 aliphatic rings. The fraction of sp³-hybridized carbons (Fsp3) is 0.857. The van der Waals surface area contributed by atoms with E-state index in [9.17, 15) is 9.36 Å². The standard InChI is InChI=1S/C7H15O5P/c1-7(2,13(9,10)11)5-4-6(8)12-3/h4-5H2,1-3H3,(H2,9,10,11). The molecule has 6 heteroatoms. The maximum absolute atomic E-state index is 10.9. The highest BCUT2D eigenvalue weighted by Crippen LogP contribution is 2.52. The third-order valence-electron chi connectivity index (χ3n) is 1.96. The van der Waals surface area contributed by atoms with Crippen LogP contribution in [0.15, 0.2) is 0 Å². The van der Waals surface area contributed by atoms with Crippen LogP contribution in [0.4, 0.5) is 0 Å². The second kappa shape index (κ2) is 4.22. The van der Waals surface area contributed by atoms with E-state index in [2.05, 4.69) is 4.74 Å². The first-order valence-electron chi connectivity index (χ1n) is 3.83. The first-order valence-corrected chi connectivity index (χ1v) is 5.44. The Bertz CT molecular complexity index is 229. The minimum atomic E-state index is -4.14. The first kappa shape index (κ1) is 12.6. The van der Waals surface area contributed by atoms with E-state index in [1.54, 1.807) is 0 Å². The van der Waals surface area contributed by atoms with Crippen LogP contribution in [0.25, 0.3) is 0 Å². The predicted molar refractivity (Wildman–Crippen MR) is 47.4 cm³/mol. The number of esters is 1. The first-order chi connectivity index (χ1) is 5.70. The van der Waals surface area contributed by atoms with E-state index >= 15 is 0 Å². The molecule has 5 nitrogen and oxygen atoms in total. The zero-order valence-corrected chi connectivity index (χ0v) is 8.88. The van der Waals surface area contributed by atoms with Crippen molar-refractivity contribution in [2.45, 2.75) is 31.8 Å². The average Bonchev–Trinajstić information content (AvgIpc) is 1.98. The van der Waals surface area contributed by atoms with Gasteiger partial charge in [0.05, 0.1) is 12.3 Å². The summed E-state index contributed by atoms with van der Waals surface area (Å²) in [5.41, 5.74) is 0. The Balaban J connectivity index is 4.20. The van der Waals surface area contributed by atoms with Gasteiger partial charge >= 0.3 is 13.6 Å². The predicted octanol–water partition coefficient (Wildman–Crippen LogP) is 0.896. The van der Waals surface area contributed by atoms with E-state index in [4.69, 9.17) is 9.79 Å². The van der Waals surface area contributed by atoms with Gasteiger partial charge in [-0.15, -0.1) is 0 Å². The van der Waals surface area contributed by atoms with E-state index in [-0.39, 0.29) is 12.8 Å². The molecule has 2 N–H and O–H groups in total. The summed E-state index contributed by atoms with van der Waals surface area (Å²) in [7, 11) is -2.90. The van der Waals surface area contributed by atoms with Gasteiger partial charge in [-0.2, -0.15) is 0 Å². The largest absolute Gasteiger partial charge is 0.469 e. The summed E-state index contributed by atoms with van der Waals surface area (Å²) in [6, 6.07) is 0. The Morgan fingerprint density at radius 1 is 1.46 bits per heavy atom. The number of carbonyl (C=O) groups is 1. The number of hydrogen-bond donors (Lipinski definition) is 2. The molecule has 0 aromatic heterocycles. The molecule has 0 spiro atoms. The topological polar surface area (TPSA) is 83.8 Å². The zero-order valence-electron chi connectivity index (χ0n) is 7.98. The normalized spacial score (nSPS) is 12.7. The van der Waals surface area contributed by atoms with Crippen molar-refractivity contribution in [2.24, 2.45) is 0 Å². The molecule has 0 saturated carbocycles.